The Bertz CT molecular complexity index is 205. The minimum Gasteiger partial charge on any atom is -0.387 e. The average Bonchev–Trinajstić information content (AvgIpc) is 2.24. The van der Waals surface area contributed by atoms with Crippen LogP contribution in [-0.4, -0.2) is 43.4 Å². The summed E-state index contributed by atoms with van der Waals surface area (Å²) in [6.45, 7) is 10.2. The molecule has 17 heavy (non-hydrogen) atoms. The molecule has 1 saturated heterocycles. The number of aliphatic hydroxyl groups is 1. The SMILES string of the molecule is CC(C)C.CO[C@H]1C[C@@](C)(OC)[C@@H](O)[C@H](C)O1. The van der Waals surface area contributed by atoms with Crippen molar-refractivity contribution in [2.45, 2.75) is 65.1 Å². The van der Waals surface area contributed by atoms with Crippen molar-refractivity contribution in [3.05, 3.63) is 0 Å². The van der Waals surface area contributed by atoms with Gasteiger partial charge < -0.3 is 19.3 Å². The van der Waals surface area contributed by atoms with Crippen LogP contribution in [0.5, 0.6) is 0 Å². The fourth-order valence-electron chi connectivity index (χ4n) is 1.65. The van der Waals surface area contributed by atoms with Gasteiger partial charge in [-0.3, -0.25) is 0 Å². The molecule has 0 unspecified atom stereocenters. The van der Waals surface area contributed by atoms with Gasteiger partial charge in [-0.15, -0.1) is 0 Å². The fraction of sp³-hybridized carbons (Fsp3) is 1.00. The number of aliphatic hydroxyl groups excluding tert-OH is 1. The zero-order chi connectivity index (χ0) is 13.6. The van der Waals surface area contributed by atoms with Gasteiger partial charge in [0.1, 0.15) is 6.10 Å². The molecule has 0 aromatic rings. The molecule has 1 aliphatic rings. The Morgan fingerprint density at radius 1 is 1.29 bits per heavy atom. The summed E-state index contributed by atoms with van der Waals surface area (Å²) in [5, 5.41) is 9.80. The van der Waals surface area contributed by atoms with Crippen molar-refractivity contribution >= 4 is 0 Å². The van der Waals surface area contributed by atoms with Crippen LogP contribution in [0.4, 0.5) is 0 Å². The Morgan fingerprint density at radius 3 is 2.12 bits per heavy atom. The number of rotatable bonds is 2. The second-order valence-electron chi connectivity index (χ2n) is 5.40. The second-order valence-corrected chi connectivity index (χ2v) is 5.40. The Balaban J connectivity index is 0.000000557. The molecule has 0 amide bonds. The standard InChI is InChI=1S/C9H18O4.C4H10/c1-6-8(10)9(2,12-4)5-7(11-3)13-6;1-4(2)3/h6-8,10H,5H2,1-4H3;4H,1-3H3/t6-,7+,8-,9+;/m0./s1. The highest BCUT2D eigenvalue weighted by Crippen LogP contribution is 2.31. The van der Waals surface area contributed by atoms with Crippen LogP contribution in [0.25, 0.3) is 0 Å². The van der Waals surface area contributed by atoms with Crippen LogP contribution in [0, 0.1) is 5.92 Å². The highest BCUT2D eigenvalue weighted by molar-refractivity contribution is 4.92. The van der Waals surface area contributed by atoms with Gasteiger partial charge >= 0.3 is 0 Å². The van der Waals surface area contributed by atoms with Crippen molar-refractivity contribution in [3.63, 3.8) is 0 Å². The van der Waals surface area contributed by atoms with Crippen LogP contribution >= 0.6 is 0 Å². The highest BCUT2D eigenvalue weighted by atomic mass is 16.7. The third kappa shape index (κ3) is 5.34. The molecule has 1 fully saturated rings. The topological polar surface area (TPSA) is 47.9 Å². The lowest BCUT2D eigenvalue weighted by atomic mass is 9.88. The Morgan fingerprint density at radius 2 is 1.76 bits per heavy atom. The smallest absolute Gasteiger partial charge is 0.160 e. The number of methoxy groups -OCH3 is 2. The van der Waals surface area contributed by atoms with Crippen molar-refractivity contribution in [1.82, 2.24) is 0 Å². The minimum absolute atomic E-state index is 0.261. The van der Waals surface area contributed by atoms with E-state index in [1.807, 2.05) is 13.8 Å². The van der Waals surface area contributed by atoms with Gasteiger partial charge in [0.25, 0.3) is 0 Å². The summed E-state index contributed by atoms with van der Waals surface area (Å²) in [4.78, 5) is 0. The predicted molar refractivity (Wildman–Crippen MR) is 67.9 cm³/mol. The zero-order valence-corrected chi connectivity index (χ0v) is 12.2. The monoisotopic (exact) mass is 248 g/mol. The van der Waals surface area contributed by atoms with E-state index in [4.69, 9.17) is 14.2 Å². The largest absolute Gasteiger partial charge is 0.387 e. The van der Waals surface area contributed by atoms with Crippen molar-refractivity contribution in [2.24, 2.45) is 5.92 Å². The van der Waals surface area contributed by atoms with E-state index in [-0.39, 0.29) is 12.4 Å². The molecule has 1 N–H and O–H groups in total. The third-order valence-electron chi connectivity index (χ3n) is 2.74. The van der Waals surface area contributed by atoms with E-state index in [0.29, 0.717) is 6.42 Å². The van der Waals surface area contributed by atoms with Crippen LogP contribution in [-0.2, 0) is 14.2 Å². The van der Waals surface area contributed by atoms with Crippen LogP contribution < -0.4 is 0 Å². The molecule has 0 saturated carbocycles. The maximum Gasteiger partial charge on any atom is 0.160 e. The normalized spacial score (nSPS) is 37.6. The maximum atomic E-state index is 9.80. The minimum atomic E-state index is -0.608. The van der Waals surface area contributed by atoms with Crippen molar-refractivity contribution < 1.29 is 19.3 Å². The summed E-state index contributed by atoms with van der Waals surface area (Å²) in [6.07, 6.45) is -0.609. The Labute approximate surface area is 105 Å². The molecule has 0 radical (unpaired) electrons. The van der Waals surface area contributed by atoms with E-state index in [1.165, 1.54) is 0 Å². The van der Waals surface area contributed by atoms with E-state index in [1.54, 1.807) is 14.2 Å². The van der Waals surface area contributed by atoms with Gasteiger partial charge in [0.2, 0.25) is 0 Å². The molecule has 1 heterocycles. The lowest BCUT2D eigenvalue weighted by molar-refractivity contribution is -0.271. The summed E-state index contributed by atoms with van der Waals surface area (Å²) in [6, 6.07) is 0. The number of ether oxygens (including phenoxy) is 3. The van der Waals surface area contributed by atoms with Gasteiger partial charge in [-0.2, -0.15) is 0 Å². The molecule has 0 spiro atoms. The lowest BCUT2D eigenvalue weighted by Crippen LogP contribution is -2.56. The molecule has 0 aromatic carbocycles. The highest BCUT2D eigenvalue weighted by Gasteiger charge is 2.44. The summed E-state index contributed by atoms with van der Waals surface area (Å²) in [7, 11) is 3.18. The summed E-state index contributed by atoms with van der Waals surface area (Å²) >= 11 is 0. The van der Waals surface area contributed by atoms with Gasteiger partial charge in [-0.25, -0.2) is 0 Å². The van der Waals surface area contributed by atoms with Crippen molar-refractivity contribution in [1.29, 1.82) is 0 Å². The molecule has 4 heteroatoms. The summed E-state index contributed by atoms with van der Waals surface area (Å²) in [5.41, 5.74) is -0.571. The van der Waals surface area contributed by atoms with E-state index in [2.05, 4.69) is 20.8 Å². The van der Waals surface area contributed by atoms with Crippen molar-refractivity contribution in [3.8, 4) is 0 Å². The molecule has 1 rings (SSSR count). The fourth-order valence-corrected chi connectivity index (χ4v) is 1.65. The van der Waals surface area contributed by atoms with Gasteiger partial charge in [-0.05, 0) is 19.8 Å². The zero-order valence-electron chi connectivity index (χ0n) is 12.2. The molecular formula is C13H28O4. The summed E-state index contributed by atoms with van der Waals surface area (Å²) < 4.78 is 15.8. The molecule has 0 aliphatic carbocycles. The van der Waals surface area contributed by atoms with E-state index in [0.717, 1.165) is 5.92 Å². The quantitative estimate of drug-likeness (QED) is 0.814. The Hall–Kier alpha value is -0.160. The molecule has 1 aliphatic heterocycles. The van der Waals surface area contributed by atoms with Crippen LogP contribution in [0.1, 0.15) is 41.0 Å². The molecule has 4 atom stereocenters. The maximum absolute atomic E-state index is 9.80. The Kier molecular flexibility index (Phi) is 7.24. The first kappa shape index (κ1) is 16.8. The van der Waals surface area contributed by atoms with Gasteiger partial charge in [0, 0.05) is 20.6 Å². The van der Waals surface area contributed by atoms with Crippen molar-refractivity contribution in [2.75, 3.05) is 14.2 Å². The molecular weight excluding hydrogens is 220 g/mol. The second kappa shape index (κ2) is 7.31. The van der Waals surface area contributed by atoms with Gasteiger partial charge in [-0.1, -0.05) is 20.8 Å². The van der Waals surface area contributed by atoms with E-state index >= 15 is 0 Å². The molecule has 4 nitrogen and oxygen atoms in total. The van der Waals surface area contributed by atoms with Gasteiger partial charge in [0.05, 0.1) is 11.7 Å². The summed E-state index contributed by atoms with van der Waals surface area (Å²) in [5.74, 6) is 0.833. The number of hydrogen-bond donors (Lipinski definition) is 1. The first-order chi connectivity index (χ1) is 7.76. The van der Waals surface area contributed by atoms with Crippen LogP contribution in [0.15, 0.2) is 0 Å². The predicted octanol–water partition coefficient (Wildman–Crippen LogP) is 2.20. The molecule has 0 aromatic heterocycles. The van der Waals surface area contributed by atoms with Crippen LogP contribution in [0.2, 0.25) is 0 Å². The molecule has 104 valence electrons. The van der Waals surface area contributed by atoms with E-state index in [9.17, 15) is 5.11 Å². The first-order valence-corrected chi connectivity index (χ1v) is 6.18. The van der Waals surface area contributed by atoms with Gasteiger partial charge in [0.15, 0.2) is 6.29 Å². The lowest BCUT2D eigenvalue weighted by Gasteiger charge is -2.43. The van der Waals surface area contributed by atoms with Crippen LogP contribution in [0.3, 0.4) is 0 Å². The van der Waals surface area contributed by atoms with E-state index < -0.39 is 11.7 Å². The average molecular weight is 248 g/mol. The molecule has 0 bridgehead atoms. The first-order valence-electron chi connectivity index (χ1n) is 6.18. The number of hydrogen-bond acceptors (Lipinski definition) is 4. The third-order valence-corrected chi connectivity index (χ3v) is 2.74.